The Labute approximate surface area is 112 Å². The summed E-state index contributed by atoms with van der Waals surface area (Å²) >= 11 is 1.78. The fraction of sp³-hybridized carbons (Fsp3) is 0.333. The van der Waals surface area contributed by atoms with E-state index in [1.165, 1.54) is 21.9 Å². The molecule has 0 aliphatic heterocycles. The highest BCUT2D eigenvalue weighted by atomic mass is 32.1. The van der Waals surface area contributed by atoms with Crippen molar-refractivity contribution in [2.24, 2.45) is 0 Å². The van der Waals surface area contributed by atoms with Crippen LogP contribution in [0.5, 0.6) is 0 Å². The number of halogens is 1. The molecule has 1 atom stereocenters. The first-order valence-corrected chi connectivity index (χ1v) is 7.09. The molecule has 0 amide bonds. The Balaban J connectivity index is 2.21. The summed E-state index contributed by atoms with van der Waals surface area (Å²) < 4.78 is 12.9. The summed E-state index contributed by atoms with van der Waals surface area (Å²) in [7, 11) is 2.00. The molecule has 0 bridgehead atoms. The van der Waals surface area contributed by atoms with E-state index >= 15 is 0 Å². The van der Waals surface area contributed by atoms with Crippen LogP contribution in [0.2, 0.25) is 0 Å². The van der Waals surface area contributed by atoms with E-state index in [4.69, 9.17) is 0 Å². The van der Waals surface area contributed by atoms with Crippen molar-refractivity contribution in [1.29, 1.82) is 0 Å². The fourth-order valence-corrected chi connectivity index (χ4v) is 3.18. The predicted octanol–water partition coefficient (Wildman–Crippen LogP) is 4.61. The molecule has 1 unspecified atom stereocenters. The van der Waals surface area contributed by atoms with Gasteiger partial charge < -0.3 is 5.32 Å². The third kappa shape index (κ3) is 2.98. The molecule has 1 aromatic carbocycles. The van der Waals surface area contributed by atoms with Gasteiger partial charge in [0.1, 0.15) is 5.82 Å². The average molecular weight is 263 g/mol. The standard InChI is InChI=1S/C15H18FNS/c1-3-4-13(17-2)15-10-9-14(18-15)11-5-7-12(16)8-6-11/h5-10,13,17H,3-4H2,1-2H3. The van der Waals surface area contributed by atoms with Crippen molar-refractivity contribution in [2.75, 3.05) is 7.05 Å². The van der Waals surface area contributed by atoms with Gasteiger partial charge in [-0.05, 0) is 43.3 Å². The summed E-state index contributed by atoms with van der Waals surface area (Å²) in [5.41, 5.74) is 1.08. The van der Waals surface area contributed by atoms with Crippen molar-refractivity contribution in [3.63, 3.8) is 0 Å². The number of thiophene rings is 1. The van der Waals surface area contributed by atoms with Crippen LogP contribution in [0, 0.1) is 5.82 Å². The Bertz CT molecular complexity index is 489. The normalized spacial score (nSPS) is 12.6. The van der Waals surface area contributed by atoms with E-state index in [0.717, 1.165) is 18.4 Å². The zero-order valence-corrected chi connectivity index (χ0v) is 11.6. The lowest BCUT2D eigenvalue weighted by Crippen LogP contribution is -2.14. The number of nitrogens with one attached hydrogen (secondary N) is 1. The molecule has 1 N–H and O–H groups in total. The van der Waals surface area contributed by atoms with Crippen LogP contribution in [-0.4, -0.2) is 7.05 Å². The highest BCUT2D eigenvalue weighted by molar-refractivity contribution is 7.15. The average Bonchev–Trinajstić information content (AvgIpc) is 2.86. The minimum absolute atomic E-state index is 0.186. The number of hydrogen-bond acceptors (Lipinski definition) is 2. The van der Waals surface area contributed by atoms with Gasteiger partial charge >= 0.3 is 0 Å². The van der Waals surface area contributed by atoms with E-state index in [1.807, 2.05) is 19.2 Å². The van der Waals surface area contributed by atoms with E-state index in [-0.39, 0.29) is 5.82 Å². The highest BCUT2D eigenvalue weighted by Crippen LogP contribution is 2.32. The quantitative estimate of drug-likeness (QED) is 0.830. The molecule has 1 aromatic heterocycles. The Hall–Kier alpha value is -1.19. The van der Waals surface area contributed by atoms with Crippen molar-refractivity contribution in [3.05, 3.63) is 47.1 Å². The zero-order chi connectivity index (χ0) is 13.0. The molecule has 0 aliphatic carbocycles. The Morgan fingerprint density at radius 1 is 1.17 bits per heavy atom. The van der Waals surface area contributed by atoms with Gasteiger partial charge in [-0.25, -0.2) is 4.39 Å². The molecule has 0 aliphatic rings. The second-order valence-corrected chi connectivity index (χ2v) is 5.45. The van der Waals surface area contributed by atoms with Crippen LogP contribution < -0.4 is 5.32 Å². The van der Waals surface area contributed by atoms with Crippen LogP contribution in [0.4, 0.5) is 4.39 Å². The van der Waals surface area contributed by atoms with Crippen LogP contribution in [0.25, 0.3) is 10.4 Å². The molecule has 0 saturated heterocycles. The fourth-order valence-electron chi connectivity index (χ4n) is 2.03. The minimum Gasteiger partial charge on any atom is -0.312 e. The van der Waals surface area contributed by atoms with Gasteiger partial charge in [0.2, 0.25) is 0 Å². The van der Waals surface area contributed by atoms with E-state index < -0.39 is 0 Å². The van der Waals surface area contributed by atoms with E-state index in [2.05, 4.69) is 24.4 Å². The van der Waals surface area contributed by atoms with Gasteiger partial charge in [-0.1, -0.05) is 25.5 Å². The topological polar surface area (TPSA) is 12.0 Å². The molecule has 1 heterocycles. The molecule has 2 rings (SSSR count). The molecular formula is C15H18FNS. The first kappa shape index (κ1) is 13.2. The molecule has 18 heavy (non-hydrogen) atoms. The van der Waals surface area contributed by atoms with Crippen molar-refractivity contribution in [3.8, 4) is 10.4 Å². The van der Waals surface area contributed by atoms with Crippen molar-refractivity contribution < 1.29 is 4.39 Å². The highest BCUT2D eigenvalue weighted by Gasteiger charge is 2.11. The van der Waals surface area contributed by atoms with Crippen molar-refractivity contribution in [2.45, 2.75) is 25.8 Å². The minimum atomic E-state index is -0.186. The molecule has 0 spiro atoms. The molecule has 2 aromatic rings. The largest absolute Gasteiger partial charge is 0.312 e. The summed E-state index contributed by atoms with van der Waals surface area (Å²) in [5, 5.41) is 3.34. The second-order valence-electron chi connectivity index (χ2n) is 4.34. The van der Waals surface area contributed by atoms with Crippen LogP contribution >= 0.6 is 11.3 Å². The summed E-state index contributed by atoms with van der Waals surface area (Å²) in [5.74, 6) is -0.186. The first-order chi connectivity index (χ1) is 8.74. The van der Waals surface area contributed by atoms with Crippen LogP contribution in [0.1, 0.15) is 30.7 Å². The maximum atomic E-state index is 12.9. The molecule has 3 heteroatoms. The van der Waals surface area contributed by atoms with Crippen LogP contribution in [0.15, 0.2) is 36.4 Å². The predicted molar refractivity (Wildman–Crippen MR) is 76.4 cm³/mol. The summed E-state index contributed by atoms with van der Waals surface area (Å²) in [4.78, 5) is 2.54. The number of benzene rings is 1. The van der Waals surface area contributed by atoms with E-state index in [9.17, 15) is 4.39 Å². The SMILES string of the molecule is CCCC(NC)c1ccc(-c2ccc(F)cc2)s1. The van der Waals surface area contributed by atoms with E-state index in [0.29, 0.717) is 6.04 Å². The summed E-state index contributed by atoms with van der Waals surface area (Å²) in [6.45, 7) is 2.19. The molecule has 96 valence electrons. The van der Waals surface area contributed by atoms with Crippen LogP contribution in [-0.2, 0) is 0 Å². The maximum absolute atomic E-state index is 12.9. The lowest BCUT2D eigenvalue weighted by molar-refractivity contribution is 0.550. The monoisotopic (exact) mass is 263 g/mol. The maximum Gasteiger partial charge on any atom is 0.123 e. The van der Waals surface area contributed by atoms with Crippen LogP contribution in [0.3, 0.4) is 0 Å². The van der Waals surface area contributed by atoms with Gasteiger partial charge in [0, 0.05) is 15.8 Å². The second kappa shape index (κ2) is 6.12. The Morgan fingerprint density at radius 2 is 1.89 bits per heavy atom. The third-order valence-corrected chi connectivity index (χ3v) is 4.27. The molecule has 0 saturated carbocycles. The van der Waals surface area contributed by atoms with Gasteiger partial charge in [-0.15, -0.1) is 11.3 Å². The Kier molecular flexibility index (Phi) is 4.50. The summed E-state index contributed by atoms with van der Waals surface area (Å²) in [6.07, 6.45) is 2.30. The molecule has 0 fully saturated rings. The van der Waals surface area contributed by atoms with Gasteiger partial charge in [0.05, 0.1) is 0 Å². The number of rotatable bonds is 5. The molecule has 0 radical (unpaired) electrons. The lowest BCUT2D eigenvalue weighted by atomic mass is 10.1. The van der Waals surface area contributed by atoms with Gasteiger partial charge in [-0.2, -0.15) is 0 Å². The van der Waals surface area contributed by atoms with Gasteiger partial charge in [-0.3, -0.25) is 0 Å². The third-order valence-electron chi connectivity index (χ3n) is 3.02. The number of hydrogen-bond donors (Lipinski definition) is 1. The van der Waals surface area contributed by atoms with Gasteiger partial charge in [0.15, 0.2) is 0 Å². The molecule has 1 nitrogen and oxygen atoms in total. The Morgan fingerprint density at radius 3 is 2.50 bits per heavy atom. The smallest absolute Gasteiger partial charge is 0.123 e. The van der Waals surface area contributed by atoms with E-state index in [1.54, 1.807) is 11.3 Å². The lowest BCUT2D eigenvalue weighted by Gasteiger charge is -2.12. The zero-order valence-electron chi connectivity index (χ0n) is 10.7. The van der Waals surface area contributed by atoms with Crippen molar-refractivity contribution in [1.82, 2.24) is 5.32 Å². The van der Waals surface area contributed by atoms with Gasteiger partial charge in [0.25, 0.3) is 0 Å². The molecular weight excluding hydrogens is 245 g/mol. The first-order valence-electron chi connectivity index (χ1n) is 6.27. The summed E-state index contributed by atoms with van der Waals surface area (Å²) in [6, 6.07) is 11.4. The van der Waals surface area contributed by atoms with Crippen molar-refractivity contribution >= 4 is 11.3 Å².